The fourth-order valence-corrected chi connectivity index (χ4v) is 12.4. The van der Waals surface area contributed by atoms with E-state index in [1.54, 1.807) is 0 Å². The molecule has 3 N–H and O–H groups in total. The van der Waals surface area contributed by atoms with Crippen molar-refractivity contribution in [3.63, 3.8) is 0 Å². The van der Waals surface area contributed by atoms with Crippen LogP contribution in [0, 0.1) is 17.8 Å². The Labute approximate surface area is 556 Å². The summed E-state index contributed by atoms with van der Waals surface area (Å²) < 4.78 is 68.3. The van der Waals surface area contributed by atoms with Crippen LogP contribution in [0.5, 0.6) is 0 Å². The van der Waals surface area contributed by atoms with Crippen LogP contribution in [-0.2, 0) is 65.4 Å². The van der Waals surface area contributed by atoms with E-state index in [4.69, 9.17) is 37.0 Å². The molecule has 17 nitrogen and oxygen atoms in total. The fourth-order valence-electron chi connectivity index (χ4n) is 10.8. The Bertz CT molecular complexity index is 1790. The van der Waals surface area contributed by atoms with Gasteiger partial charge in [-0.25, -0.2) is 9.13 Å². The second-order valence-corrected chi connectivity index (χ2v) is 29.8. The zero-order valence-electron chi connectivity index (χ0n) is 59.3. The van der Waals surface area contributed by atoms with Gasteiger partial charge in [-0.1, -0.05) is 312 Å². The Morgan fingerprint density at radius 2 is 0.560 bits per heavy atom. The van der Waals surface area contributed by atoms with Gasteiger partial charge in [0.05, 0.1) is 26.4 Å². The first-order valence-corrected chi connectivity index (χ1v) is 40.4. The minimum Gasteiger partial charge on any atom is -0.462 e. The van der Waals surface area contributed by atoms with E-state index in [9.17, 15) is 43.2 Å². The Balaban J connectivity index is 5.24. The predicted octanol–water partition coefficient (Wildman–Crippen LogP) is 20.6. The highest BCUT2D eigenvalue weighted by molar-refractivity contribution is 7.47. The van der Waals surface area contributed by atoms with Crippen molar-refractivity contribution >= 4 is 39.5 Å². The fraction of sp³-hybridized carbons (Fsp3) is 0.944. The highest BCUT2D eigenvalue weighted by Crippen LogP contribution is 2.45. The van der Waals surface area contributed by atoms with Crippen LogP contribution in [0.3, 0.4) is 0 Å². The SMILES string of the molecule is CCCCCCCCCCCCCCCCCCCC(=O)O[C@H](COC(=O)CCCCCCCCCCCCCC(C)C)COP(=O)(O)OC[C@@H](O)COP(=O)(O)OC[C@@H](COC(=O)CCCCCCCCC(C)CC)OC(=O)CCCCCCCCC(C)CC. The lowest BCUT2D eigenvalue weighted by atomic mass is 10.00. The molecule has 0 aromatic carbocycles. The zero-order valence-corrected chi connectivity index (χ0v) is 61.1. The number of ether oxygens (including phenoxy) is 4. The number of phosphoric ester groups is 2. The molecule has 0 bridgehead atoms. The quantitative estimate of drug-likeness (QED) is 0.0222. The number of phosphoric acid groups is 2. The van der Waals surface area contributed by atoms with E-state index < -0.39 is 97.5 Å². The molecule has 0 saturated heterocycles. The van der Waals surface area contributed by atoms with E-state index >= 15 is 0 Å². The number of carbonyl (C=O) groups excluding carboxylic acids is 4. The number of unbranched alkanes of at least 4 members (excludes halogenated alkanes) is 36. The molecular formula is C72H140O17P2. The smallest absolute Gasteiger partial charge is 0.462 e. The van der Waals surface area contributed by atoms with Gasteiger partial charge in [0, 0.05) is 25.7 Å². The number of aliphatic hydroxyl groups is 1. The van der Waals surface area contributed by atoms with Crippen molar-refractivity contribution in [3.05, 3.63) is 0 Å². The van der Waals surface area contributed by atoms with Crippen LogP contribution >= 0.6 is 15.6 Å². The van der Waals surface area contributed by atoms with Crippen LogP contribution < -0.4 is 0 Å². The summed E-state index contributed by atoms with van der Waals surface area (Å²) in [7, 11) is -9.90. The third kappa shape index (κ3) is 63.9. The van der Waals surface area contributed by atoms with Crippen LogP contribution in [0.15, 0.2) is 0 Å². The van der Waals surface area contributed by atoms with Gasteiger partial charge in [-0.2, -0.15) is 0 Å². The van der Waals surface area contributed by atoms with Gasteiger partial charge >= 0.3 is 39.5 Å². The van der Waals surface area contributed by atoms with Crippen molar-refractivity contribution in [2.24, 2.45) is 17.8 Å². The average molecular weight is 1340 g/mol. The zero-order chi connectivity index (χ0) is 67.3. The Kier molecular flexibility index (Phi) is 61.5. The topological polar surface area (TPSA) is 237 Å². The molecular weight excluding hydrogens is 1200 g/mol. The second kappa shape index (κ2) is 62.8. The van der Waals surface area contributed by atoms with Crippen LogP contribution in [0.25, 0.3) is 0 Å². The van der Waals surface area contributed by atoms with Gasteiger partial charge in [-0.15, -0.1) is 0 Å². The number of esters is 4. The Morgan fingerprint density at radius 3 is 0.835 bits per heavy atom. The molecule has 0 aliphatic heterocycles. The summed E-state index contributed by atoms with van der Waals surface area (Å²) in [4.78, 5) is 72.6. The van der Waals surface area contributed by atoms with Crippen molar-refractivity contribution in [2.75, 3.05) is 39.6 Å². The largest absolute Gasteiger partial charge is 0.472 e. The summed E-state index contributed by atoms with van der Waals surface area (Å²) in [5, 5.41) is 10.6. The van der Waals surface area contributed by atoms with Gasteiger partial charge in [0.25, 0.3) is 0 Å². The molecule has 19 heteroatoms. The maximum absolute atomic E-state index is 13.0. The first-order valence-electron chi connectivity index (χ1n) is 37.4. The summed E-state index contributed by atoms with van der Waals surface area (Å²) >= 11 is 0. The molecule has 91 heavy (non-hydrogen) atoms. The normalized spacial score (nSPS) is 14.8. The van der Waals surface area contributed by atoms with E-state index in [0.29, 0.717) is 25.7 Å². The lowest BCUT2D eigenvalue weighted by Gasteiger charge is -2.21. The number of aliphatic hydroxyl groups excluding tert-OH is 1. The maximum Gasteiger partial charge on any atom is 0.472 e. The van der Waals surface area contributed by atoms with E-state index in [1.165, 1.54) is 167 Å². The number of carbonyl (C=O) groups is 4. The average Bonchev–Trinajstić information content (AvgIpc) is 2.58. The van der Waals surface area contributed by atoms with E-state index in [1.807, 2.05) is 0 Å². The third-order valence-electron chi connectivity index (χ3n) is 17.4. The van der Waals surface area contributed by atoms with Crippen molar-refractivity contribution in [2.45, 2.75) is 381 Å². The highest BCUT2D eigenvalue weighted by atomic mass is 31.2. The highest BCUT2D eigenvalue weighted by Gasteiger charge is 2.30. The van der Waals surface area contributed by atoms with Crippen molar-refractivity contribution in [1.29, 1.82) is 0 Å². The van der Waals surface area contributed by atoms with Crippen LogP contribution in [0.1, 0.15) is 363 Å². The molecule has 4 unspecified atom stereocenters. The molecule has 540 valence electrons. The van der Waals surface area contributed by atoms with Crippen LogP contribution in [0.4, 0.5) is 0 Å². The Hall–Kier alpha value is -1.94. The molecule has 0 fully saturated rings. The Morgan fingerprint density at radius 1 is 0.319 bits per heavy atom. The minimum absolute atomic E-state index is 0.102. The number of rotatable bonds is 70. The van der Waals surface area contributed by atoms with Crippen molar-refractivity contribution < 1.29 is 80.2 Å². The second-order valence-electron chi connectivity index (χ2n) is 26.9. The maximum atomic E-state index is 13.0. The molecule has 7 atom stereocenters. The molecule has 0 aromatic rings. The number of hydrogen-bond acceptors (Lipinski definition) is 15. The van der Waals surface area contributed by atoms with Gasteiger partial charge in [-0.3, -0.25) is 37.3 Å². The monoisotopic (exact) mass is 1340 g/mol. The molecule has 0 aliphatic rings. The standard InChI is InChI=1S/C72H140O17P2/c1-8-11-12-13-14-15-16-17-18-19-20-21-24-28-31-41-48-55-71(76)88-67(59-82-69(74)53-46-39-30-27-25-22-23-26-29-36-43-50-63(4)5)61-86-90(78,79)84-57-66(73)58-85-91(80,81)87-62-68(89-72(77)56-49-42-35-33-38-45-52-65(7)10-3)60-83-70(75)54-47-40-34-32-37-44-51-64(6)9-2/h63-68,73H,8-62H2,1-7H3,(H,78,79)(H,80,81)/t64?,65?,66-,67-,68-/m1/s1. The summed E-state index contributed by atoms with van der Waals surface area (Å²) in [6, 6.07) is 0. The predicted molar refractivity (Wildman–Crippen MR) is 368 cm³/mol. The summed E-state index contributed by atoms with van der Waals surface area (Å²) in [5.41, 5.74) is 0. The van der Waals surface area contributed by atoms with Gasteiger partial charge in [0.2, 0.25) is 0 Å². The van der Waals surface area contributed by atoms with Crippen molar-refractivity contribution in [1.82, 2.24) is 0 Å². The molecule has 0 heterocycles. The molecule has 0 spiro atoms. The third-order valence-corrected chi connectivity index (χ3v) is 19.3. The summed E-state index contributed by atoms with van der Waals surface area (Å²) in [5.74, 6) is 0.0951. The van der Waals surface area contributed by atoms with Crippen LogP contribution in [0.2, 0.25) is 0 Å². The van der Waals surface area contributed by atoms with E-state index in [0.717, 1.165) is 114 Å². The van der Waals surface area contributed by atoms with E-state index in [-0.39, 0.29) is 25.7 Å². The number of hydrogen-bond donors (Lipinski definition) is 3. The van der Waals surface area contributed by atoms with Gasteiger partial charge < -0.3 is 33.8 Å². The van der Waals surface area contributed by atoms with Crippen LogP contribution in [-0.4, -0.2) is 96.7 Å². The molecule has 0 radical (unpaired) electrons. The lowest BCUT2D eigenvalue weighted by Crippen LogP contribution is -2.30. The molecule has 0 aromatic heterocycles. The van der Waals surface area contributed by atoms with Crippen molar-refractivity contribution in [3.8, 4) is 0 Å². The summed E-state index contributed by atoms with van der Waals surface area (Å²) in [6.45, 7) is 11.8. The molecule has 0 saturated carbocycles. The van der Waals surface area contributed by atoms with Gasteiger partial charge in [0.15, 0.2) is 12.2 Å². The van der Waals surface area contributed by atoms with E-state index in [2.05, 4.69) is 48.5 Å². The first-order chi connectivity index (χ1) is 43.8. The molecule has 0 rings (SSSR count). The molecule has 0 amide bonds. The summed E-state index contributed by atoms with van der Waals surface area (Å²) in [6.07, 6.45) is 47.3. The minimum atomic E-state index is -4.95. The lowest BCUT2D eigenvalue weighted by molar-refractivity contribution is -0.161. The first kappa shape index (κ1) is 89.1. The molecule has 0 aliphatic carbocycles. The van der Waals surface area contributed by atoms with Gasteiger partial charge in [-0.05, 0) is 43.4 Å². The van der Waals surface area contributed by atoms with Gasteiger partial charge in [0.1, 0.15) is 19.3 Å².